The number of benzene rings is 2. The molecule has 0 unspecified atom stereocenters. The van der Waals surface area contributed by atoms with E-state index in [0.717, 1.165) is 24.1 Å². The number of anilines is 1. The molecular formula is C22H17ClFN3O2. The predicted octanol–water partition coefficient (Wildman–Crippen LogP) is 4.82. The van der Waals surface area contributed by atoms with Crippen molar-refractivity contribution in [3.8, 4) is 11.1 Å². The number of ether oxygens (including phenoxy) is 1. The number of hydrogen-bond acceptors (Lipinski definition) is 3. The van der Waals surface area contributed by atoms with E-state index in [1.807, 2.05) is 6.07 Å². The van der Waals surface area contributed by atoms with Crippen molar-refractivity contribution in [2.45, 2.75) is 25.0 Å². The summed E-state index contributed by atoms with van der Waals surface area (Å²) in [5, 5.41) is 10.2. The molecule has 5 nitrogen and oxygen atoms in total. The van der Waals surface area contributed by atoms with Gasteiger partial charge in [0.2, 0.25) is 0 Å². The number of carbonyl (C=O) groups is 1. The molecule has 2 atom stereocenters. The zero-order valence-corrected chi connectivity index (χ0v) is 16.0. The van der Waals surface area contributed by atoms with Gasteiger partial charge in [0.25, 0.3) is 5.91 Å². The molecular weight excluding hydrogens is 393 g/mol. The molecule has 29 heavy (non-hydrogen) atoms. The van der Waals surface area contributed by atoms with Gasteiger partial charge in [-0.2, -0.15) is 5.10 Å². The zero-order valence-electron chi connectivity index (χ0n) is 15.3. The van der Waals surface area contributed by atoms with Crippen LogP contribution in [-0.2, 0) is 9.53 Å². The predicted molar refractivity (Wildman–Crippen MR) is 109 cm³/mol. The molecule has 1 saturated heterocycles. The van der Waals surface area contributed by atoms with E-state index >= 15 is 0 Å². The number of fused-ring (bicyclic) bond motifs is 2. The van der Waals surface area contributed by atoms with Crippen molar-refractivity contribution in [2.24, 2.45) is 0 Å². The highest BCUT2D eigenvalue weighted by atomic mass is 35.5. The number of nitrogens with one attached hydrogen (secondary N) is 2. The minimum Gasteiger partial charge on any atom is -0.365 e. The quantitative estimate of drug-likeness (QED) is 0.649. The molecule has 1 aromatic heterocycles. The van der Waals surface area contributed by atoms with Crippen LogP contribution >= 0.6 is 11.6 Å². The Balaban J connectivity index is 1.44. The van der Waals surface area contributed by atoms with Gasteiger partial charge in [-0.1, -0.05) is 35.9 Å². The first-order valence-corrected chi connectivity index (χ1v) is 9.74. The van der Waals surface area contributed by atoms with Crippen molar-refractivity contribution in [1.82, 2.24) is 10.2 Å². The van der Waals surface area contributed by atoms with Gasteiger partial charge in [0.15, 0.2) is 0 Å². The van der Waals surface area contributed by atoms with Crippen molar-refractivity contribution in [3.05, 3.63) is 76.8 Å². The Hall–Kier alpha value is -2.96. The summed E-state index contributed by atoms with van der Waals surface area (Å²) in [5.74, 6) is -0.573. The third kappa shape index (κ3) is 3.14. The second-order valence-corrected chi connectivity index (χ2v) is 7.52. The highest BCUT2D eigenvalue weighted by Gasteiger charge is 2.44. The first-order valence-electron chi connectivity index (χ1n) is 9.37. The fraction of sp³-hybridized carbons (Fsp3) is 0.182. The number of H-pyrrole nitrogens is 1. The fourth-order valence-electron chi connectivity index (χ4n) is 4.09. The van der Waals surface area contributed by atoms with E-state index < -0.39 is 0 Å². The molecule has 5 rings (SSSR count). The maximum atomic E-state index is 14.1. The van der Waals surface area contributed by atoms with Gasteiger partial charge in [-0.3, -0.25) is 9.89 Å². The number of rotatable bonds is 4. The Morgan fingerprint density at radius 1 is 1.14 bits per heavy atom. The standard InChI is InChI=1S/C22H17ClFN3O2/c23-15-11-12(5-6-13(15)14-3-1-2-4-16(14)24)26-22(28)21-19-8-7-18(29-19)20(21)17-9-10-25-27-17/h1-6,9-11,18-19H,7-8H2,(H,25,27)(H,26,28)/t18-,19+/m0/s1. The van der Waals surface area contributed by atoms with Crippen LogP contribution in [0.4, 0.5) is 10.1 Å². The van der Waals surface area contributed by atoms with Crippen LogP contribution in [0.15, 0.2) is 60.3 Å². The van der Waals surface area contributed by atoms with Crippen LogP contribution in [0.25, 0.3) is 16.7 Å². The van der Waals surface area contributed by atoms with E-state index in [2.05, 4.69) is 15.5 Å². The van der Waals surface area contributed by atoms with Crippen LogP contribution in [0.5, 0.6) is 0 Å². The third-order valence-electron chi connectivity index (χ3n) is 5.38. The van der Waals surface area contributed by atoms with Crippen LogP contribution in [0.1, 0.15) is 18.5 Å². The van der Waals surface area contributed by atoms with E-state index in [0.29, 0.717) is 27.4 Å². The Bertz CT molecular complexity index is 1130. The highest BCUT2D eigenvalue weighted by Crippen LogP contribution is 2.44. The number of aromatic nitrogens is 2. The summed E-state index contributed by atoms with van der Waals surface area (Å²) in [6.07, 6.45) is 3.06. The van der Waals surface area contributed by atoms with Gasteiger partial charge in [-0.25, -0.2) is 4.39 Å². The molecule has 2 aromatic carbocycles. The van der Waals surface area contributed by atoms with Crippen LogP contribution < -0.4 is 5.32 Å². The lowest BCUT2D eigenvalue weighted by Crippen LogP contribution is -2.23. The first-order chi connectivity index (χ1) is 14.1. The van der Waals surface area contributed by atoms with Crippen molar-refractivity contribution in [3.63, 3.8) is 0 Å². The average molecular weight is 410 g/mol. The lowest BCUT2D eigenvalue weighted by Gasteiger charge is -2.16. The number of aromatic amines is 1. The van der Waals surface area contributed by atoms with Crippen LogP contribution in [0.2, 0.25) is 5.02 Å². The van der Waals surface area contributed by atoms with Crippen LogP contribution in [-0.4, -0.2) is 28.3 Å². The minimum atomic E-state index is -0.348. The van der Waals surface area contributed by atoms with Gasteiger partial charge in [0.05, 0.1) is 28.5 Å². The minimum absolute atomic E-state index is 0.0896. The van der Waals surface area contributed by atoms with Gasteiger partial charge < -0.3 is 10.1 Å². The monoisotopic (exact) mass is 409 g/mol. The fourth-order valence-corrected chi connectivity index (χ4v) is 4.37. The van der Waals surface area contributed by atoms with Crippen LogP contribution in [0.3, 0.4) is 0 Å². The smallest absolute Gasteiger partial charge is 0.254 e. The molecule has 146 valence electrons. The maximum absolute atomic E-state index is 14.1. The normalized spacial score (nSPS) is 20.3. The molecule has 2 aliphatic rings. The largest absolute Gasteiger partial charge is 0.365 e. The Morgan fingerprint density at radius 3 is 2.72 bits per heavy atom. The molecule has 2 bridgehead atoms. The molecule has 7 heteroatoms. The van der Waals surface area contributed by atoms with Crippen LogP contribution in [0, 0.1) is 5.82 Å². The summed E-state index contributed by atoms with van der Waals surface area (Å²) in [6.45, 7) is 0. The van der Waals surface area contributed by atoms with Crippen molar-refractivity contribution < 1.29 is 13.9 Å². The second-order valence-electron chi connectivity index (χ2n) is 7.12. The molecule has 1 amide bonds. The second kappa shape index (κ2) is 7.13. The Kier molecular flexibility index (Phi) is 4.45. The van der Waals surface area contributed by atoms with Gasteiger partial charge >= 0.3 is 0 Å². The molecule has 0 spiro atoms. The molecule has 0 saturated carbocycles. The van der Waals surface area contributed by atoms with Gasteiger partial charge in [-0.15, -0.1) is 0 Å². The SMILES string of the molecule is O=C(Nc1ccc(-c2ccccc2F)c(Cl)c1)C1=C(c2ccn[nH]2)[C@@H]2CC[C@H]1O2. The molecule has 3 heterocycles. The molecule has 1 fully saturated rings. The van der Waals surface area contributed by atoms with Crippen molar-refractivity contribution >= 4 is 28.8 Å². The highest BCUT2D eigenvalue weighted by molar-refractivity contribution is 6.33. The molecule has 2 aliphatic heterocycles. The average Bonchev–Trinajstić information content (AvgIpc) is 3.46. The topological polar surface area (TPSA) is 67.0 Å². The summed E-state index contributed by atoms with van der Waals surface area (Å²) in [5.41, 5.74) is 3.82. The lowest BCUT2D eigenvalue weighted by molar-refractivity contribution is -0.113. The van der Waals surface area contributed by atoms with E-state index in [-0.39, 0.29) is 23.9 Å². The molecule has 2 N–H and O–H groups in total. The van der Waals surface area contributed by atoms with Crippen molar-refractivity contribution in [1.29, 1.82) is 0 Å². The van der Waals surface area contributed by atoms with E-state index in [1.54, 1.807) is 42.6 Å². The third-order valence-corrected chi connectivity index (χ3v) is 5.69. The van der Waals surface area contributed by atoms with E-state index in [1.165, 1.54) is 6.07 Å². The number of carbonyl (C=O) groups excluding carboxylic acids is 1. The van der Waals surface area contributed by atoms with E-state index in [4.69, 9.17) is 16.3 Å². The summed E-state index contributed by atoms with van der Waals surface area (Å²) in [7, 11) is 0. The summed E-state index contributed by atoms with van der Waals surface area (Å²) in [4.78, 5) is 13.0. The van der Waals surface area contributed by atoms with E-state index in [9.17, 15) is 9.18 Å². The number of nitrogens with zero attached hydrogens (tertiary/aromatic N) is 1. The summed E-state index contributed by atoms with van der Waals surface area (Å²) >= 11 is 6.38. The number of halogens is 2. The van der Waals surface area contributed by atoms with Gasteiger partial charge in [0.1, 0.15) is 5.82 Å². The maximum Gasteiger partial charge on any atom is 0.254 e. The zero-order chi connectivity index (χ0) is 20.0. The summed E-state index contributed by atoms with van der Waals surface area (Å²) < 4.78 is 20.0. The van der Waals surface area contributed by atoms with Gasteiger partial charge in [-0.05, 0) is 37.1 Å². The Morgan fingerprint density at radius 2 is 1.97 bits per heavy atom. The Labute approximate surface area is 171 Å². The molecule has 0 radical (unpaired) electrons. The van der Waals surface area contributed by atoms with Crippen molar-refractivity contribution in [2.75, 3.05) is 5.32 Å². The number of amides is 1. The first kappa shape index (κ1) is 18.1. The summed E-state index contributed by atoms with van der Waals surface area (Å²) in [6, 6.07) is 13.3. The van der Waals surface area contributed by atoms with Gasteiger partial charge in [0, 0.05) is 28.6 Å². The lowest BCUT2D eigenvalue weighted by atomic mass is 9.89. The molecule has 0 aliphatic carbocycles. The number of hydrogen-bond donors (Lipinski definition) is 2. The molecule has 3 aromatic rings.